The Bertz CT molecular complexity index is 823. The fraction of sp³-hybridized carbons (Fsp3) is 0.762. The van der Waals surface area contributed by atoms with E-state index >= 15 is 0 Å². The third-order valence-electron chi connectivity index (χ3n) is 7.51. The molecule has 5 atom stereocenters. The number of nitrogens with zero attached hydrogens (tertiary/aromatic N) is 1. The summed E-state index contributed by atoms with van der Waals surface area (Å²) in [7, 11) is 0. The van der Waals surface area contributed by atoms with Crippen molar-refractivity contribution in [2.45, 2.75) is 77.4 Å². The van der Waals surface area contributed by atoms with Gasteiger partial charge in [0.1, 0.15) is 0 Å². The van der Waals surface area contributed by atoms with E-state index in [9.17, 15) is 19.8 Å². The third kappa shape index (κ3) is 3.59. The molecule has 1 aromatic rings. The number of thiazole rings is 1. The first kappa shape index (κ1) is 20.8. The molecule has 2 amide bonds. The van der Waals surface area contributed by atoms with Crippen LogP contribution in [-0.4, -0.2) is 45.8 Å². The number of fused-ring (bicyclic) bond motifs is 2. The van der Waals surface area contributed by atoms with Crippen molar-refractivity contribution < 1.29 is 19.8 Å². The molecule has 0 unspecified atom stereocenters. The Morgan fingerprint density at radius 3 is 2.62 bits per heavy atom. The quantitative estimate of drug-likeness (QED) is 0.582. The van der Waals surface area contributed by atoms with Crippen molar-refractivity contribution in [2.75, 3.05) is 11.9 Å². The molecule has 4 N–H and O–H groups in total. The number of hydrogen-bond donors (Lipinski definition) is 4. The maximum Gasteiger partial charge on any atom is 0.223 e. The van der Waals surface area contributed by atoms with Gasteiger partial charge in [-0.2, -0.15) is 0 Å². The van der Waals surface area contributed by atoms with Gasteiger partial charge in [-0.15, -0.1) is 11.3 Å². The minimum atomic E-state index is -0.631. The largest absolute Gasteiger partial charge is 0.396 e. The van der Waals surface area contributed by atoms with Crippen molar-refractivity contribution in [2.24, 2.45) is 16.7 Å². The summed E-state index contributed by atoms with van der Waals surface area (Å²) in [5.74, 6) is -0.206. The van der Waals surface area contributed by atoms with Gasteiger partial charge in [0.25, 0.3) is 0 Å². The molecule has 0 aromatic carbocycles. The average molecular weight is 422 g/mol. The highest BCUT2D eigenvalue weighted by Crippen LogP contribution is 2.62. The van der Waals surface area contributed by atoms with Crippen LogP contribution in [-0.2, 0) is 16.0 Å². The number of amides is 2. The summed E-state index contributed by atoms with van der Waals surface area (Å²) < 4.78 is 0. The molecule has 1 aromatic heterocycles. The summed E-state index contributed by atoms with van der Waals surface area (Å²) in [5.41, 5.74) is 0.0142. The molecule has 3 aliphatic carbocycles. The lowest BCUT2D eigenvalue weighted by molar-refractivity contribution is -0.144. The average Bonchev–Trinajstić information content (AvgIpc) is 3.37. The smallest absolute Gasteiger partial charge is 0.223 e. The first-order valence-electron chi connectivity index (χ1n) is 10.5. The van der Waals surface area contributed by atoms with Crippen molar-refractivity contribution in [1.29, 1.82) is 0 Å². The van der Waals surface area contributed by atoms with Gasteiger partial charge < -0.3 is 20.8 Å². The predicted molar refractivity (Wildman–Crippen MR) is 111 cm³/mol. The zero-order valence-corrected chi connectivity index (χ0v) is 18.1. The second-order valence-electron chi connectivity index (χ2n) is 9.59. The molecule has 0 radical (unpaired) electrons. The molecule has 0 bridgehead atoms. The Hall–Kier alpha value is -1.51. The number of hydrogen-bond acceptors (Lipinski definition) is 6. The number of carbonyl (C=O) groups excluding carboxylic acids is 2. The lowest BCUT2D eigenvalue weighted by Gasteiger charge is -2.58. The van der Waals surface area contributed by atoms with Crippen molar-refractivity contribution in [3.63, 3.8) is 0 Å². The minimum absolute atomic E-state index is 0.0283. The first-order chi connectivity index (χ1) is 13.7. The van der Waals surface area contributed by atoms with Crippen LogP contribution in [0.2, 0.25) is 0 Å². The van der Waals surface area contributed by atoms with E-state index in [0.717, 1.165) is 29.8 Å². The normalized spacial score (nSPS) is 36.1. The van der Waals surface area contributed by atoms with Crippen molar-refractivity contribution in [3.05, 3.63) is 10.6 Å². The monoisotopic (exact) mass is 421 g/mol. The fourth-order valence-electron chi connectivity index (χ4n) is 5.55. The molecule has 29 heavy (non-hydrogen) atoms. The van der Waals surface area contributed by atoms with Crippen molar-refractivity contribution in [3.8, 4) is 0 Å². The highest BCUT2D eigenvalue weighted by molar-refractivity contribution is 7.15. The van der Waals surface area contributed by atoms with Crippen molar-refractivity contribution in [1.82, 2.24) is 10.3 Å². The van der Waals surface area contributed by atoms with Gasteiger partial charge in [-0.25, -0.2) is 4.98 Å². The lowest BCUT2D eigenvalue weighted by atomic mass is 9.47. The van der Waals surface area contributed by atoms with E-state index in [2.05, 4.69) is 17.6 Å². The van der Waals surface area contributed by atoms with Gasteiger partial charge in [0.15, 0.2) is 5.13 Å². The van der Waals surface area contributed by atoms with Crippen molar-refractivity contribution >= 4 is 28.3 Å². The van der Waals surface area contributed by atoms with E-state index in [1.165, 1.54) is 18.3 Å². The number of rotatable bonds is 5. The summed E-state index contributed by atoms with van der Waals surface area (Å²) in [5, 5.41) is 27.4. The number of nitrogens with one attached hydrogen (secondary N) is 2. The molecule has 4 rings (SSSR count). The molecule has 3 aliphatic rings. The lowest BCUT2D eigenvalue weighted by Crippen LogP contribution is -2.57. The van der Waals surface area contributed by atoms with E-state index in [0.29, 0.717) is 30.4 Å². The van der Waals surface area contributed by atoms with Gasteiger partial charge in [0.05, 0.1) is 18.4 Å². The van der Waals surface area contributed by atoms with E-state index in [-0.39, 0.29) is 35.7 Å². The predicted octanol–water partition coefficient (Wildman–Crippen LogP) is 2.19. The van der Waals surface area contributed by atoms with E-state index < -0.39 is 11.5 Å². The second-order valence-corrected chi connectivity index (χ2v) is 10.7. The van der Waals surface area contributed by atoms with Crippen LogP contribution >= 0.6 is 11.3 Å². The Morgan fingerprint density at radius 2 is 2.00 bits per heavy atom. The van der Waals surface area contributed by atoms with Gasteiger partial charge >= 0.3 is 0 Å². The standard InChI is InChI=1S/C21H31N3O4S/c1-11(26)22-19-24-18-13(8-17(28)23-12-4-5-12)20(2)7-6-16(27)21(3,10-25)15(20)9-14(18)29-19/h12-13,15-16,25,27H,4-10H2,1-3H3,(H,23,28)(H,22,24,26)/t13-,15-,16-,20+,21+/m1/s1. The Balaban J connectivity index is 1.74. The third-order valence-corrected chi connectivity index (χ3v) is 8.52. The van der Waals surface area contributed by atoms with Crippen LogP contribution in [0.4, 0.5) is 5.13 Å². The molecule has 160 valence electrons. The van der Waals surface area contributed by atoms with Crippen LogP contribution in [0.25, 0.3) is 0 Å². The Labute approximate surface area is 175 Å². The second kappa shape index (κ2) is 7.32. The van der Waals surface area contributed by atoms with Crippen LogP contribution in [0.3, 0.4) is 0 Å². The number of anilines is 1. The minimum Gasteiger partial charge on any atom is -0.396 e. The highest BCUT2D eigenvalue weighted by atomic mass is 32.1. The number of aliphatic hydroxyl groups excluding tert-OH is 2. The van der Waals surface area contributed by atoms with E-state index in [1.807, 2.05) is 6.92 Å². The number of carbonyl (C=O) groups is 2. The van der Waals surface area contributed by atoms with E-state index in [4.69, 9.17) is 4.98 Å². The maximum atomic E-state index is 12.8. The highest BCUT2D eigenvalue weighted by Gasteiger charge is 2.59. The zero-order chi connectivity index (χ0) is 21.0. The van der Waals surface area contributed by atoms with Gasteiger partial charge in [-0.05, 0) is 43.4 Å². The molecule has 7 nitrogen and oxygen atoms in total. The van der Waals surface area contributed by atoms with Crippen LogP contribution in [0.5, 0.6) is 0 Å². The number of aliphatic hydroxyl groups is 2. The summed E-state index contributed by atoms with van der Waals surface area (Å²) in [6, 6.07) is 0.301. The van der Waals surface area contributed by atoms with E-state index in [1.54, 1.807) is 0 Å². The fourth-order valence-corrected chi connectivity index (χ4v) is 6.66. The number of aromatic nitrogens is 1. The molecular weight excluding hydrogens is 390 g/mol. The maximum absolute atomic E-state index is 12.8. The van der Waals surface area contributed by atoms with Crippen LogP contribution in [0.15, 0.2) is 0 Å². The molecule has 8 heteroatoms. The molecule has 1 heterocycles. The van der Waals surface area contributed by atoms with Crippen LogP contribution in [0.1, 0.15) is 69.4 Å². The van der Waals surface area contributed by atoms with Crippen LogP contribution in [0, 0.1) is 16.7 Å². The van der Waals surface area contributed by atoms with Gasteiger partial charge in [-0.1, -0.05) is 13.8 Å². The zero-order valence-electron chi connectivity index (χ0n) is 17.3. The summed E-state index contributed by atoms with van der Waals surface area (Å²) in [6.07, 6.45) is 3.93. The van der Waals surface area contributed by atoms with Crippen LogP contribution < -0.4 is 10.6 Å². The summed E-state index contributed by atoms with van der Waals surface area (Å²) in [6.45, 7) is 5.51. The molecule has 0 saturated heterocycles. The molecule has 0 aliphatic heterocycles. The van der Waals surface area contributed by atoms with Gasteiger partial charge in [0.2, 0.25) is 11.8 Å². The molecule has 2 saturated carbocycles. The molecular formula is C21H31N3O4S. The SMILES string of the molecule is CC(=O)Nc1nc2c(s1)C[C@H]1[C@](C)(CO)[C@H](O)CC[C@@]1(C)[C@@H]2CC(=O)NC1CC1. The summed E-state index contributed by atoms with van der Waals surface area (Å²) in [4.78, 5) is 30.1. The molecule has 0 spiro atoms. The Morgan fingerprint density at radius 1 is 1.28 bits per heavy atom. The topological polar surface area (TPSA) is 112 Å². The van der Waals surface area contributed by atoms with Gasteiger partial charge in [-0.3, -0.25) is 9.59 Å². The summed E-state index contributed by atoms with van der Waals surface area (Å²) >= 11 is 1.45. The first-order valence-corrected chi connectivity index (χ1v) is 11.3. The Kier molecular flexibility index (Phi) is 5.24. The van der Waals surface area contributed by atoms with Gasteiger partial charge in [0, 0.05) is 35.6 Å². The molecule has 2 fully saturated rings.